The van der Waals surface area contributed by atoms with Crippen molar-refractivity contribution in [1.29, 1.82) is 0 Å². The fraction of sp³-hybridized carbons (Fsp3) is 0.444. The zero-order valence-corrected chi connectivity index (χ0v) is 22.5. The second kappa shape index (κ2) is 12.0. The molecule has 3 heterocycles. The number of piperidine rings is 1. The van der Waals surface area contributed by atoms with Crippen LogP contribution in [-0.4, -0.2) is 67.2 Å². The molecule has 0 radical (unpaired) electrons. The van der Waals surface area contributed by atoms with Gasteiger partial charge in [-0.1, -0.05) is 36.8 Å². The Hall–Kier alpha value is -3.37. The third-order valence-electron chi connectivity index (χ3n) is 7.30. The minimum atomic E-state index is -0.655. The molecule has 204 valence electrons. The normalized spacial score (nSPS) is 19.7. The van der Waals surface area contributed by atoms with E-state index in [2.05, 4.69) is 15.3 Å². The average Bonchev–Trinajstić information content (AvgIpc) is 2.94. The number of aromatic nitrogens is 2. The van der Waals surface area contributed by atoms with Gasteiger partial charge >= 0.3 is 0 Å². The largest absolute Gasteiger partial charge is 0.493 e. The van der Waals surface area contributed by atoms with Gasteiger partial charge in [-0.15, -0.1) is 12.4 Å². The number of carbonyl (C=O) groups is 1. The molecule has 1 amide bonds. The summed E-state index contributed by atoms with van der Waals surface area (Å²) in [7, 11) is 2.81. The quantitative estimate of drug-likeness (QED) is 0.484. The number of hydrogen-bond acceptors (Lipinski definition) is 8. The SMILES string of the molecule is COc1cc2c(N)nc(N3CCN(C(=O)C[C@@H]4CCCCN4)C[C@@H]3c3ccccc3)nc2c(F)c1OC.Cl. The lowest BCUT2D eigenvalue weighted by Crippen LogP contribution is -2.52. The van der Waals surface area contributed by atoms with E-state index in [0.717, 1.165) is 31.4 Å². The van der Waals surface area contributed by atoms with Crippen molar-refractivity contribution in [3.05, 3.63) is 47.8 Å². The van der Waals surface area contributed by atoms with Crippen LogP contribution in [0, 0.1) is 5.82 Å². The summed E-state index contributed by atoms with van der Waals surface area (Å²) in [5.41, 5.74) is 7.38. The van der Waals surface area contributed by atoms with Crippen molar-refractivity contribution in [2.24, 2.45) is 0 Å². The number of hydrogen-bond donors (Lipinski definition) is 2. The van der Waals surface area contributed by atoms with Gasteiger partial charge in [-0.3, -0.25) is 4.79 Å². The molecule has 2 saturated heterocycles. The summed E-state index contributed by atoms with van der Waals surface area (Å²) in [6, 6.07) is 11.5. The number of nitrogens with two attached hydrogens (primary N) is 1. The third-order valence-corrected chi connectivity index (χ3v) is 7.30. The molecule has 0 aliphatic carbocycles. The third kappa shape index (κ3) is 5.42. The van der Waals surface area contributed by atoms with E-state index in [-0.39, 0.29) is 53.2 Å². The first-order valence-corrected chi connectivity index (χ1v) is 12.7. The van der Waals surface area contributed by atoms with E-state index < -0.39 is 5.82 Å². The Morgan fingerprint density at radius 3 is 2.63 bits per heavy atom. The molecular weight excluding hydrogens is 511 g/mol. The Balaban J connectivity index is 0.00000336. The number of nitrogens with zero attached hydrogens (tertiary/aromatic N) is 4. The number of benzene rings is 2. The first-order chi connectivity index (χ1) is 18.0. The van der Waals surface area contributed by atoms with E-state index in [1.165, 1.54) is 14.2 Å². The number of rotatable bonds is 6. The lowest BCUT2D eigenvalue weighted by Gasteiger charge is -2.42. The van der Waals surface area contributed by atoms with E-state index in [4.69, 9.17) is 15.2 Å². The zero-order valence-electron chi connectivity index (χ0n) is 21.7. The number of amides is 1. The highest BCUT2D eigenvalue weighted by molar-refractivity contribution is 5.92. The number of fused-ring (bicyclic) bond motifs is 1. The molecule has 5 rings (SSSR count). The first-order valence-electron chi connectivity index (χ1n) is 12.7. The average molecular weight is 545 g/mol. The number of ether oxygens (including phenoxy) is 2. The van der Waals surface area contributed by atoms with Gasteiger partial charge < -0.3 is 30.3 Å². The van der Waals surface area contributed by atoms with Crippen LogP contribution >= 0.6 is 12.4 Å². The van der Waals surface area contributed by atoms with Gasteiger partial charge in [-0.25, -0.2) is 9.37 Å². The molecule has 0 unspecified atom stereocenters. The number of methoxy groups -OCH3 is 2. The maximum atomic E-state index is 15.4. The highest BCUT2D eigenvalue weighted by atomic mass is 35.5. The van der Waals surface area contributed by atoms with E-state index in [1.807, 2.05) is 40.1 Å². The topological polar surface area (TPSA) is 106 Å². The lowest BCUT2D eigenvalue weighted by molar-refractivity contribution is -0.132. The molecule has 2 atom stereocenters. The highest BCUT2D eigenvalue weighted by Crippen LogP contribution is 2.38. The van der Waals surface area contributed by atoms with Crippen molar-refractivity contribution in [2.75, 3.05) is 51.0 Å². The minimum absolute atomic E-state index is 0. The summed E-state index contributed by atoms with van der Waals surface area (Å²) in [5.74, 6) is 0.126. The van der Waals surface area contributed by atoms with Crippen LogP contribution in [0.5, 0.6) is 11.5 Å². The van der Waals surface area contributed by atoms with Crippen LogP contribution < -0.4 is 25.4 Å². The smallest absolute Gasteiger partial charge is 0.228 e. The van der Waals surface area contributed by atoms with Crippen LogP contribution in [0.25, 0.3) is 10.9 Å². The molecule has 2 aromatic carbocycles. The molecule has 0 bridgehead atoms. The molecule has 3 N–H and O–H groups in total. The second-order valence-electron chi connectivity index (χ2n) is 9.54. The van der Waals surface area contributed by atoms with Crippen molar-refractivity contribution in [3.63, 3.8) is 0 Å². The summed E-state index contributed by atoms with van der Waals surface area (Å²) in [6.07, 6.45) is 3.83. The maximum absolute atomic E-state index is 15.4. The number of carbonyl (C=O) groups excluding carboxylic acids is 1. The summed E-state index contributed by atoms with van der Waals surface area (Å²) in [4.78, 5) is 26.3. The van der Waals surface area contributed by atoms with Crippen LogP contribution in [0.1, 0.15) is 37.3 Å². The number of anilines is 2. The van der Waals surface area contributed by atoms with Gasteiger partial charge in [-0.05, 0) is 31.0 Å². The van der Waals surface area contributed by atoms with E-state index in [9.17, 15) is 4.79 Å². The molecule has 11 heteroatoms. The molecular formula is C27H34ClFN6O3. The lowest BCUT2D eigenvalue weighted by atomic mass is 9.99. The first kappa shape index (κ1) is 27.7. The van der Waals surface area contributed by atoms with Gasteiger partial charge in [0.2, 0.25) is 11.9 Å². The zero-order chi connectivity index (χ0) is 25.9. The number of nitrogens with one attached hydrogen (secondary N) is 1. The summed E-state index contributed by atoms with van der Waals surface area (Å²) >= 11 is 0. The van der Waals surface area contributed by atoms with Crippen LogP contribution in [0.15, 0.2) is 36.4 Å². The Morgan fingerprint density at radius 1 is 1.16 bits per heavy atom. The van der Waals surface area contributed by atoms with E-state index in [0.29, 0.717) is 37.4 Å². The van der Waals surface area contributed by atoms with Gasteiger partial charge in [0.25, 0.3) is 0 Å². The standard InChI is InChI=1S/C27H33FN6O3.ClH/c1-36-21-15-19-24(23(28)25(21)37-2)31-27(32-26(19)29)34-13-12-33(16-20(34)17-8-4-3-5-9-17)22(35)14-18-10-6-7-11-30-18;/h3-5,8-9,15,18,20,30H,6-7,10-14,16H2,1-2H3,(H2,29,31,32);1H/t18-,20+;/m0./s1. The van der Waals surface area contributed by atoms with E-state index >= 15 is 4.39 Å². The summed E-state index contributed by atoms with van der Waals surface area (Å²) in [6.45, 7) is 2.45. The minimum Gasteiger partial charge on any atom is -0.493 e. The molecule has 2 aliphatic rings. The molecule has 0 saturated carbocycles. The highest BCUT2D eigenvalue weighted by Gasteiger charge is 2.34. The molecule has 0 spiro atoms. The Morgan fingerprint density at radius 2 is 1.95 bits per heavy atom. The molecule has 9 nitrogen and oxygen atoms in total. The van der Waals surface area contributed by atoms with Crippen LogP contribution in [0.2, 0.25) is 0 Å². The second-order valence-corrected chi connectivity index (χ2v) is 9.54. The van der Waals surface area contributed by atoms with Crippen molar-refractivity contribution < 1.29 is 18.7 Å². The van der Waals surface area contributed by atoms with Gasteiger partial charge in [0.15, 0.2) is 17.3 Å². The Labute approximate surface area is 227 Å². The van der Waals surface area contributed by atoms with Gasteiger partial charge in [-0.2, -0.15) is 4.98 Å². The van der Waals surface area contributed by atoms with Crippen LogP contribution in [0.4, 0.5) is 16.2 Å². The van der Waals surface area contributed by atoms with Crippen molar-refractivity contribution in [3.8, 4) is 11.5 Å². The van der Waals surface area contributed by atoms with Crippen molar-refractivity contribution >= 4 is 41.0 Å². The predicted molar refractivity (Wildman–Crippen MR) is 148 cm³/mol. The van der Waals surface area contributed by atoms with Gasteiger partial charge in [0, 0.05) is 37.5 Å². The number of piperazine rings is 1. The van der Waals surface area contributed by atoms with Crippen LogP contribution in [0.3, 0.4) is 0 Å². The predicted octanol–water partition coefficient (Wildman–Crippen LogP) is 3.71. The van der Waals surface area contributed by atoms with Gasteiger partial charge in [0.1, 0.15) is 11.3 Å². The monoisotopic (exact) mass is 544 g/mol. The fourth-order valence-electron chi connectivity index (χ4n) is 5.31. The number of halogens is 2. The molecule has 2 aliphatic heterocycles. The summed E-state index contributed by atoms with van der Waals surface area (Å²) in [5, 5.41) is 3.82. The molecule has 38 heavy (non-hydrogen) atoms. The molecule has 2 fully saturated rings. The summed E-state index contributed by atoms with van der Waals surface area (Å²) < 4.78 is 25.9. The van der Waals surface area contributed by atoms with Crippen molar-refractivity contribution in [1.82, 2.24) is 20.2 Å². The Bertz CT molecular complexity index is 1270. The molecule has 1 aromatic heterocycles. The van der Waals surface area contributed by atoms with E-state index in [1.54, 1.807) is 6.07 Å². The van der Waals surface area contributed by atoms with Crippen molar-refractivity contribution in [2.45, 2.75) is 37.8 Å². The fourth-order valence-corrected chi connectivity index (χ4v) is 5.31. The Kier molecular flexibility index (Phi) is 8.73. The van der Waals surface area contributed by atoms with Crippen LogP contribution in [-0.2, 0) is 4.79 Å². The molecule has 3 aromatic rings. The maximum Gasteiger partial charge on any atom is 0.228 e. The van der Waals surface area contributed by atoms with Gasteiger partial charge in [0.05, 0.1) is 20.3 Å². The number of nitrogen functional groups attached to an aromatic ring is 1.